The number of aromatic nitrogens is 4. The molecule has 0 unspecified atom stereocenters. The molecule has 0 saturated heterocycles. The molecule has 3 rings (SSSR count). The molecule has 1 aliphatic carbocycles. The van der Waals surface area contributed by atoms with E-state index < -0.39 is 5.97 Å². The molecule has 1 N–H and O–H groups in total. The number of amides is 1. The van der Waals surface area contributed by atoms with Gasteiger partial charge >= 0.3 is 5.97 Å². The number of ether oxygens (including phenoxy) is 1. The highest BCUT2D eigenvalue weighted by atomic mass is 32.2. The Labute approximate surface area is 166 Å². The molecule has 27 heavy (non-hydrogen) atoms. The predicted octanol–water partition coefficient (Wildman–Crippen LogP) is 3.15. The van der Waals surface area contributed by atoms with E-state index in [0.29, 0.717) is 28.2 Å². The van der Waals surface area contributed by atoms with Crippen LogP contribution in [0.5, 0.6) is 0 Å². The topological polar surface area (TPSA) is 99.0 Å². The van der Waals surface area contributed by atoms with Crippen molar-refractivity contribution in [1.29, 1.82) is 0 Å². The fourth-order valence-corrected chi connectivity index (χ4v) is 4.71. The van der Waals surface area contributed by atoms with Crippen molar-refractivity contribution in [1.82, 2.24) is 19.7 Å². The van der Waals surface area contributed by atoms with Gasteiger partial charge < -0.3 is 14.6 Å². The molecule has 2 heterocycles. The molecule has 0 aromatic carbocycles. The monoisotopic (exact) mass is 409 g/mol. The zero-order valence-electron chi connectivity index (χ0n) is 15.7. The van der Waals surface area contributed by atoms with Crippen molar-refractivity contribution in [3.63, 3.8) is 0 Å². The van der Waals surface area contributed by atoms with Crippen LogP contribution >= 0.6 is 23.1 Å². The first-order valence-electron chi connectivity index (χ1n) is 8.96. The van der Waals surface area contributed by atoms with Crippen LogP contribution in [0.25, 0.3) is 0 Å². The fraction of sp³-hybridized carbons (Fsp3) is 0.588. The number of thiazole rings is 1. The number of nitrogens with zero attached hydrogens (tertiary/aromatic N) is 4. The maximum atomic E-state index is 12.2. The van der Waals surface area contributed by atoms with E-state index in [9.17, 15) is 9.59 Å². The zero-order valence-corrected chi connectivity index (χ0v) is 17.3. The van der Waals surface area contributed by atoms with E-state index in [2.05, 4.69) is 20.5 Å². The Kier molecular flexibility index (Phi) is 6.48. The van der Waals surface area contributed by atoms with E-state index in [1.807, 2.05) is 11.6 Å². The van der Waals surface area contributed by atoms with Crippen LogP contribution in [-0.4, -0.2) is 44.0 Å². The number of rotatable bonds is 7. The first-order valence-corrected chi connectivity index (χ1v) is 10.8. The second-order valence-electron chi connectivity index (χ2n) is 6.37. The normalized spacial score (nSPS) is 14.5. The van der Waals surface area contributed by atoms with Crippen molar-refractivity contribution in [2.75, 3.05) is 17.7 Å². The predicted molar refractivity (Wildman–Crippen MR) is 104 cm³/mol. The molecule has 10 heteroatoms. The highest BCUT2D eigenvalue weighted by molar-refractivity contribution is 7.99. The lowest BCUT2D eigenvalue weighted by atomic mass is 10.1. The minimum Gasteiger partial charge on any atom is -0.462 e. The molecule has 0 radical (unpaired) electrons. The molecule has 2 aromatic heterocycles. The summed E-state index contributed by atoms with van der Waals surface area (Å²) in [5.41, 5.74) is 0.552. The van der Waals surface area contributed by atoms with Gasteiger partial charge in [0.2, 0.25) is 5.91 Å². The maximum Gasteiger partial charge on any atom is 0.350 e. The van der Waals surface area contributed by atoms with Gasteiger partial charge in [0, 0.05) is 13.0 Å². The minimum absolute atomic E-state index is 0.198. The third-order valence-corrected chi connectivity index (χ3v) is 6.50. The quantitative estimate of drug-likeness (QED) is 0.554. The van der Waals surface area contributed by atoms with E-state index in [-0.39, 0.29) is 11.7 Å². The lowest BCUT2D eigenvalue weighted by Gasteiger charge is -2.08. The maximum absolute atomic E-state index is 12.2. The minimum atomic E-state index is -0.416. The van der Waals surface area contributed by atoms with Gasteiger partial charge in [-0.15, -0.1) is 10.2 Å². The molecule has 1 fully saturated rings. The SMILES string of the molecule is CCOC(=O)c1sc(NC(=O)CSc2nnc(C3CCCC3)n2C)nc1C. The van der Waals surface area contributed by atoms with Gasteiger partial charge in [0.15, 0.2) is 10.3 Å². The summed E-state index contributed by atoms with van der Waals surface area (Å²) in [6, 6.07) is 0. The van der Waals surface area contributed by atoms with Crippen molar-refractivity contribution >= 4 is 40.1 Å². The highest BCUT2D eigenvalue weighted by Gasteiger charge is 2.23. The van der Waals surface area contributed by atoms with E-state index in [0.717, 1.165) is 35.2 Å². The summed E-state index contributed by atoms with van der Waals surface area (Å²) in [6.45, 7) is 3.77. The molecule has 0 spiro atoms. The number of nitrogens with one attached hydrogen (secondary N) is 1. The largest absolute Gasteiger partial charge is 0.462 e. The molecule has 0 bridgehead atoms. The van der Waals surface area contributed by atoms with Gasteiger partial charge in [0.05, 0.1) is 18.1 Å². The zero-order chi connectivity index (χ0) is 19.4. The summed E-state index contributed by atoms with van der Waals surface area (Å²) in [5, 5.41) is 12.4. The second-order valence-corrected chi connectivity index (χ2v) is 8.31. The first-order chi connectivity index (χ1) is 13.0. The van der Waals surface area contributed by atoms with Gasteiger partial charge in [-0.25, -0.2) is 9.78 Å². The first kappa shape index (κ1) is 19.8. The van der Waals surface area contributed by atoms with Crippen LogP contribution in [0.15, 0.2) is 5.16 Å². The molecule has 1 amide bonds. The van der Waals surface area contributed by atoms with Crippen LogP contribution in [0.3, 0.4) is 0 Å². The van der Waals surface area contributed by atoms with Gasteiger partial charge in [0.1, 0.15) is 10.7 Å². The summed E-state index contributed by atoms with van der Waals surface area (Å²) in [7, 11) is 1.95. The number of anilines is 1. The average Bonchev–Trinajstić information content (AvgIpc) is 3.34. The van der Waals surface area contributed by atoms with Crippen LogP contribution in [0.2, 0.25) is 0 Å². The van der Waals surface area contributed by atoms with Gasteiger partial charge in [0.25, 0.3) is 0 Å². The highest BCUT2D eigenvalue weighted by Crippen LogP contribution is 2.34. The summed E-state index contributed by atoms with van der Waals surface area (Å²) in [4.78, 5) is 28.7. The Hall–Kier alpha value is -1.94. The number of hydrogen-bond donors (Lipinski definition) is 1. The van der Waals surface area contributed by atoms with E-state index >= 15 is 0 Å². The smallest absolute Gasteiger partial charge is 0.350 e. The van der Waals surface area contributed by atoms with Gasteiger partial charge in [-0.05, 0) is 26.7 Å². The number of esters is 1. The van der Waals surface area contributed by atoms with Crippen molar-refractivity contribution < 1.29 is 14.3 Å². The van der Waals surface area contributed by atoms with Gasteiger partial charge in [-0.2, -0.15) is 0 Å². The number of thioether (sulfide) groups is 1. The molecule has 2 aromatic rings. The number of hydrogen-bond acceptors (Lipinski definition) is 8. The van der Waals surface area contributed by atoms with Crippen molar-refractivity contribution in [2.24, 2.45) is 7.05 Å². The molecule has 0 atom stereocenters. The summed E-state index contributed by atoms with van der Waals surface area (Å²) in [5.74, 6) is 1.06. The van der Waals surface area contributed by atoms with Crippen LogP contribution < -0.4 is 5.32 Å². The van der Waals surface area contributed by atoms with E-state index in [4.69, 9.17) is 4.74 Å². The molecular formula is C17H23N5O3S2. The second kappa shape index (κ2) is 8.83. The van der Waals surface area contributed by atoms with Gasteiger partial charge in [-0.1, -0.05) is 35.9 Å². The standard InChI is InChI=1S/C17H23N5O3S2/c1-4-25-15(24)13-10(2)18-16(27-13)19-12(23)9-26-17-21-20-14(22(17)3)11-7-5-6-8-11/h11H,4-9H2,1-3H3,(H,18,19,23). The van der Waals surface area contributed by atoms with Gasteiger partial charge in [-0.3, -0.25) is 4.79 Å². The lowest BCUT2D eigenvalue weighted by Crippen LogP contribution is -2.14. The van der Waals surface area contributed by atoms with Crippen LogP contribution in [0.1, 0.15) is 59.7 Å². The Morgan fingerprint density at radius 3 is 2.78 bits per heavy atom. The average molecular weight is 410 g/mol. The van der Waals surface area contributed by atoms with Crippen molar-refractivity contribution in [2.45, 2.75) is 50.6 Å². The van der Waals surface area contributed by atoms with Crippen molar-refractivity contribution in [3.8, 4) is 0 Å². The Bertz CT molecular complexity index is 827. The van der Waals surface area contributed by atoms with Crippen molar-refractivity contribution in [3.05, 3.63) is 16.4 Å². The molecule has 1 aliphatic rings. The lowest BCUT2D eigenvalue weighted by molar-refractivity contribution is -0.113. The third kappa shape index (κ3) is 4.67. The summed E-state index contributed by atoms with van der Waals surface area (Å²) in [6.07, 6.45) is 4.79. The summed E-state index contributed by atoms with van der Waals surface area (Å²) < 4.78 is 6.97. The molecule has 0 aliphatic heterocycles. The van der Waals surface area contributed by atoms with E-state index in [1.54, 1.807) is 13.8 Å². The van der Waals surface area contributed by atoms with Crippen LogP contribution in [-0.2, 0) is 16.6 Å². The van der Waals surface area contributed by atoms with Crippen LogP contribution in [0.4, 0.5) is 5.13 Å². The Morgan fingerprint density at radius 1 is 1.33 bits per heavy atom. The molecule has 1 saturated carbocycles. The van der Waals surface area contributed by atoms with Crippen LogP contribution in [0, 0.1) is 6.92 Å². The van der Waals surface area contributed by atoms with E-state index in [1.165, 1.54) is 24.6 Å². The third-order valence-electron chi connectivity index (χ3n) is 4.43. The number of carbonyl (C=O) groups is 2. The number of aryl methyl sites for hydroxylation is 1. The summed E-state index contributed by atoms with van der Waals surface area (Å²) >= 11 is 2.46. The Balaban J connectivity index is 1.56. The number of carbonyl (C=O) groups excluding carboxylic acids is 2. The fourth-order valence-electron chi connectivity index (χ4n) is 3.11. The molecule has 146 valence electrons. The molecular weight excluding hydrogens is 386 g/mol. The Morgan fingerprint density at radius 2 is 2.07 bits per heavy atom. The molecule has 8 nitrogen and oxygen atoms in total.